The number of hydrogen-bond donors (Lipinski definition) is 1. The molecule has 0 atom stereocenters. The molecule has 2 nitrogen and oxygen atoms in total. The van der Waals surface area contributed by atoms with E-state index in [1.54, 1.807) is 0 Å². The highest BCUT2D eigenvalue weighted by Crippen LogP contribution is 2.14. The Bertz CT molecular complexity index is 322. The lowest BCUT2D eigenvalue weighted by molar-refractivity contribution is 0.271. The SMILES string of the molecule is CCNCCN(CC)Cc1c(F)cccc1F. The maximum absolute atomic E-state index is 13.5. The van der Waals surface area contributed by atoms with Gasteiger partial charge in [-0.25, -0.2) is 8.78 Å². The third-order valence-corrected chi connectivity index (χ3v) is 2.75. The summed E-state index contributed by atoms with van der Waals surface area (Å²) in [5, 5.41) is 3.20. The van der Waals surface area contributed by atoms with Gasteiger partial charge in [0, 0.05) is 25.2 Å². The second-order valence-electron chi connectivity index (χ2n) is 3.92. The van der Waals surface area contributed by atoms with Crippen molar-refractivity contribution in [1.29, 1.82) is 0 Å². The molecule has 0 saturated heterocycles. The second kappa shape index (κ2) is 7.35. The quantitative estimate of drug-likeness (QED) is 0.739. The first-order valence-corrected chi connectivity index (χ1v) is 6.05. The number of rotatable bonds is 7. The van der Waals surface area contributed by atoms with E-state index in [9.17, 15) is 8.78 Å². The predicted octanol–water partition coefficient (Wildman–Crippen LogP) is 2.40. The molecule has 17 heavy (non-hydrogen) atoms. The summed E-state index contributed by atoms with van der Waals surface area (Å²) in [6.45, 7) is 7.65. The Kier molecular flexibility index (Phi) is 6.08. The van der Waals surface area contributed by atoms with Gasteiger partial charge in [0.25, 0.3) is 0 Å². The third-order valence-electron chi connectivity index (χ3n) is 2.75. The van der Waals surface area contributed by atoms with E-state index in [0.717, 1.165) is 26.2 Å². The lowest BCUT2D eigenvalue weighted by Gasteiger charge is -2.21. The van der Waals surface area contributed by atoms with E-state index < -0.39 is 11.6 Å². The third kappa shape index (κ3) is 4.40. The summed E-state index contributed by atoms with van der Waals surface area (Å²) in [6, 6.07) is 4.00. The minimum Gasteiger partial charge on any atom is -0.316 e. The van der Waals surface area contributed by atoms with Gasteiger partial charge >= 0.3 is 0 Å². The van der Waals surface area contributed by atoms with Gasteiger partial charge in [-0.1, -0.05) is 19.9 Å². The zero-order valence-electron chi connectivity index (χ0n) is 10.5. The van der Waals surface area contributed by atoms with Crippen molar-refractivity contribution in [2.75, 3.05) is 26.2 Å². The molecule has 1 aromatic carbocycles. The minimum atomic E-state index is -0.466. The Balaban J connectivity index is 2.60. The van der Waals surface area contributed by atoms with Crippen molar-refractivity contribution in [1.82, 2.24) is 10.2 Å². The average Bonchev–Trinajstić information content (AvgIpc) is 2.32. The van der Waals surface area contributed by atoms with E-state index in [0.29, 0.717) is 6.54 Å². The first kappa shape index (κ1) is 14.1. The van der Waals surface area contributed by atoms with Crippen molar-refractivity contribution in [3.63, 3.8) is 0 Å². The number of benzene rings is 1. The largest absolute Gasteiger partial charge is 0.316 e. The van der Waals surface area contributed by atoms with Crippen LogP contribution >= 0.6 is 0 Å². The highest BCUT2D eigenvalue weighted by Gasteiger charge is 2.11. The summed E-state index contributed by atoms with van der Waals surface area (Å²) >= 11 is 0. The van der Waals surface area contributed by atoms with Crippen LogP contribution in [0.25, 0.3) is 0 Å². The fraction of sp³-hybridized carbons (Fsp3) is 0.538. The number of nitrogens with one attached hydrogen (secondary N) is 1. The molecule has 0 aliphatic carbocycles. The summed E-state index contributed by atoms with van der Waals surface area (Å²) in [5.41, 5.74) is 0.158. The van der Waals surface area contributed by atoms with E-state index >= 15 is 0 Å². The van der Waals surface area contributed by atoms with Gasteiger partial charge in [-0.15, -0.1) is 0 Å². The highest BCUT2D eigenvalue weighted by molar-refractivity contribution is 5.19. The fourth-order valence-corrected chi connectivity index (χ4v) is 1.67. The van der Waals surface area contributed by atoms with Gasteiger partial charge in [0.1, 0.15) is 11.6 Å². The summed E-state index contributed by atoms with van der Waals surface area (Å²) < 4.78 is 26.9. The van der Waals surface area contributed by atoms with Crippen molar-refractivity contribution < 1.29 is 8.78 Å². The van der Waals surface area contributed by atoms with Gasteiger partial charge < -0.3 is 5.32 Å². The minimum absolute atomic E-state index is 0.158. The molecule has 0 aliphatic heterocycles. The summed E-state index contributed by atoms with van der Waals surface area (Å²) in [4.78, 5) is 2.02. The van der Waals surface area contributed by atoms with Crippen LogP contribution in [-0.4, -0.2) is 31.1 Å². The van der Waals surface area contributed by atoms with Crippen molar-refractivity contribution in [3.05, 3.63) is 35.4 Å². The second-order valence-corrected chi connectivity index (χ2v) is 3.92. The van der Waals surface area contributed by atoms with Crippen LogP contribution in [0.2, 0.25) is 0 Å². The maximum Gasteiger partial charge on any atom is 0.130 e. The van der Waals surface area contributed by atoms with Crippen LogP contribution in [0.3, 0.4) is 0 Å². The maximum atomic E-state index is 13.5. The predicted molar refractivity (Wildman–Crippen MR) is 65.9 cm³/mol. The normalized spacial score (nSPS) is 11.1. The van der Waals surface area contributed by atoms with Crippen LogP contribution in [0.1, 0.15) is 19.4 Å². The zero-order chi connectivity index (χ0) is 12.7. The van der Waals surface area contributed by atoms with Crippen LogP contribution in [0.4, 0.5) is 8.78 Å². The van der Waals surface area contributed by atoms with Crippen LogP contribution in [-0.2, 0) is 6.54 Å². The molecule has 0 amide bonds. The topological polar surface area (TPSA) is 15.3 Å². The lowest BCUT2D eigenvalue weighted by Crippen LogP contribution is -2.32. The van der Waals surface area contributed by atoms with E-state index in [2.05, 4.69) is 5.32 Å². The van der Waals surface area contributed by atoms with Gasteiger partial charge in [0.2, 0.25) is 0 Å². The molecule has 4 heteroatoms. The molecule has 0 unspecified atom stereocenters. The van der Waals surface area contributed by atoms with Crippen molar-refractivity contribution in [3.8, 4) is 0 Å². The van der Waals surface area contributed by atoms with Crippen molar-refractivity contribution in [2.45, 2.75) is 20.4 Å². The molecular weight excluding hydrogens is 222 g/mol. The fourth-order valence-electron chi connectivity index (χ4n) is 1.67. The smallest absolute Gasteiger partial charge is 0.130 e. The molecule has 0 radical (unpaired) electrons. The number of halogens is 2. The molecule has 1 N–H and O–H groups in total. The van der Waals surface area contributed by atoms with Crippen LogP contribution in [0.15, 0.2) is 18.2 Å². The van der Waals surface area contributed by atoms with E-state index in [-0.39, 0.29) is 5.56 Å². The first-order valence-electron chi connectivity index (χ1n) is 6.05. The summed E-state index contributed by atoms with van der Waals surface area (Å²) in [7, 11) is 0. The lowest BCUT2D eigenvalue weighted by atomic mass is 10.2. The Morgan fingerprint density at radius 1 is 1.18 bits per heavy atom. The molecule has 96 valence electrons. The van der Waals surface area contributed by atoms with Gasteiger partial charge in [-0.05, 0) is 25.2 Å². The average molecular weight is 242 g/mol. The van der Waals surface area contributed by atoms with Crippen molar-refractivity contribution >= 4 is 0 Å². The molecule has 1 aromatic rings. The van der Waals surface area contributed by atoms with Gasteiger partial charge in [-0.3, -0.25) is 4.90 Å². The van der Waals surface area contributed by atoms with Crippen LogP contribution in [0.5, 0.6) is 0 Å². The Morgan fingerprint density at radius 3 is 2.35 bits per heavy atom. The van der Waals surface area contributed by atoms with Crippen LogP contribution in [0, 0.1) is 11.6 Å². The molecule has 0 heterocycles. The monoisotopic (exact) mass is 242 g/mol. The van der Waals surface area contributed by atoms with Crippen molar-refractivity contribution in [2.24, 2.45) is 0 Å². The van der Waals surface area contributed by atoms with Gasteiger partial charge in [0.15, 0.2) is 0 Å². The zero-order valence-corrected chi connectivity index (χ0v) is 10.5. The number of hydrogen-bond acceptors (Lipinski definition) is 2. The van der Waals surface area contributed by atoms with Gasteiger partial charge in [0.05, 0.1) is 0 Å². The molecule has 0 fully saturated rings. The van der Waals surface area contributed by atoms with E-state index in [1.165, 1.54) is 18.2 Å². The molecule has 0 spiro atoms. The summed E-state index contributed by atoms with van der Waals surface area (Å²) in [6.07, 6.45) is 0. The molecule has 1 rings (SSSR count). The summed E-state index contributed by atoms with van der Waals surface area (Å²) in [5.74, 6) is -0.932. The molecule has 0 aromatic heterocycles. The Morgan fingerprint density at radius 2 is 1.82 bits per heavy atom. The van der Waals surface area contributed by atoms with E-state index in [1.807, 2.05) is 18.7 Å². The Labute approximate surface area is 102 Å². The molecule has 0 aliphatic rings. The Hall–Kier alpha value is -1.00. The first-order chi connectivity index (χ1) is 8.19. The van der Waals surface area contributed by atoms with Crippen LogP contribution < -0.4 is 5.32 Å². The number of likely N-dealkylation sites (N-methyl/N-ethyl adjacent to an activating group) is 2. The standard InChI is InChI=1S/C13H20F2N2/c1-3-16-8-9-17(4-2)10-11-12(14)6-5-7-13(11)15/h5-7,16H,3-4,8-10H2,1-2H3. The van der Waals surface area contributed by atoms with Gasteiger partial charge in [-0.2, -0.15) is 0 Å². The highest BCUT2D eigenvalue weighted by atomic mass is 19.1. The molecular formula is C13H20F2N2. The number of nitrogens with zero attached hydrogens (tertiary/aromatic N) is 1. The molecule has 0 bridgehead atoms. The van der Waals surface area contributed by atoms with E-state index in [4.69, 9.17) is 0 Å². The molecule has 0 saturated carbocycles.